The molecule has 2 heterocycles. The van der Waals surface area contributed by atoms with Crippen molar-refractivity contribution in [3.8, 4) is 0 Å². The summed E-state index contributed by atoms with van der Waals surface area (Å²) >= 11 is 0. The minimum absolute atomic E-state index is 0.158. The van der Waals surface area contributed by atoms with Gasteiger partial charge in [0.1, 0.15) is 0 Å². The van der Waals surface area contributed by atoms with Crippen molar-refractivity contribution in [2.45, 2.75) is 19.4 Å². The number of nitrogens with one attached hydrogen (secondary N) is 1. The van der Waals surface area contributed by atoms with Gasteiger partial charge in [0.15, 0.2) is 0 Å². The maximum atomic E-state index is 12.3. The number of hydrogen-bond donors (Lipinski definition) is 1. The fourth-order valence-corrected chi connectivity index (χ4v) is 4.30. The Labute approximate surface area is 141 Å². The topological polar surface area (TPSA) is 79.4 Å². The summed E-state index contributed by atoms with van der Waals surface area (Å²) in [4.78, 5) is 16.3. The summed E-state index contributed by atoms with van der Waals surface area (Å²) in [5.41, 5.74) is 1.95. The molecule has 7 heteroatoms. The molecule has 6 nitrogen and oxygen atoms in total. The molecule has 1 aromatic heterocycles. The van der Waals surface area contributed by atoms with Gasteiger partial charge in [-0.3, -0.25) is 14.1 Å². The minimum Gasteiger partial charge on any atom is -0.348 e. The lowest BCUT2D eigenvalue weighted by molar-refractivity contribution is 0.0951. The van der Waals surface area contributed by atoms with Crippen LogP contribution >= 0.6 is 0 Å². The summed E-state index contributed by atoms with van der Waals surface area (Å²) < 4.78 is 25.8. The van der Waals surface area contributed by atoms with E-state index >= 15 is 0 Å². The van der Waals surface area contributed by atoms with Gasteiger partial charge < -0.3 is 5.32 Å². The third kappa shape index (κ3) is 3.73. The third-order valence-electron chi connectivity index (χ3n) is 3.95. The fraction of sp³-hybridized carbons (Fsp3) is 0.294. The van der Waals surface area contributed by atoms with E-state index in [1.807, 2.05) is 12.1 Å². The van der Waals surface area contributed by atoms with E-state index in [1.165, 1.54) is 4.31 Å². The number of carbonyl (C=O) groups excluding carboxylic acids is 1. The predicted octanol–water partition coefficient (Wildman–Crippen LogP) is 1.94. The molecule has 126 valence electrons. The van der Waals surface area contributed by atoms with Crippen LogP contribution in [-0.4, -0.2) is 31.6 Å². The van der Waals surface area contributed by atoms with E-state index in [4.69, 9.17) is 0 Å². The van der Waals surface area contributed by atoms with Gasteiger partial charge in [-0.25, -0.2) is 8.42 Å². The molecule has 1 amide bonds. The second kappa shape index (κ2) is 7.00. The summed E-state index contributed by atoms with van der Waals surface area (Å²) in [7, 11) is -3.28. The van der Waals surface area contributed by atoms with Gasteiger partial charge in [0.05, 0.1) is 11.4 Å². The Morgan fingerprint density at radius 3 is 2.71 bits per heavy atom. The Bertz CT molecular complexity index is 822. The van der Waals surface area contributed by atoms with Crippen molar-refractivity contribution in [3.05, 3.63) is 59.9 Å². The molecule has 0 bridgehead atoms. The van der Waals surface area contributed by atoms with E-state index in [-0.39, 0.29) is 11.7 Å². The molecule has 1 aliphatic rings. The molecule has 1 saturated heterocycles. The average Bonchev–Trinajstić information content (AvgIpc) is 2.60. The summed E-state index contributed by atoms with van der Waals surface area (Å²) in [6.45, 7) is 0.859. The SMILES string of the molecule is O=C(NCc1ccncc1)c1cccc(N2CCCCS2(=O)=O)c1. The highest BCUT2D eigenvalue weighted by Crippen LogP contribution is 2.24. The molecular formula is C17H19N3O3S. The normalized spacial score (nSPS) is 16.6. The van der Waals surface area contributed by atoms with Crippen molar-refractivity contribution in [2.24, 2.45) is 0 Å². The smallest absolute Gasteiger partial charge is 0.251 e. The Kier molecular flexibility index (Phi) is 4.80. The zero-order chi connectivity index (χ0) is 17.0. The molecule has 0 spiro atoms. The second-order valence-corrected chi connectivity index (χ2v) is 7.70. The maximum absolute atomic E-state index is 12.3. The first-order valence-electron chi connectivity index (χ1n) is 7.84. The molecule has 0 aliphatic carbocycles. The molecule has 24 heavy (non-hydrogen) atoms. The molecule has 1 N–H and O–H groups in total. The van der Waals surface area contributed by atoms with Crippen LogP contribution in [0.3, 0.4) is 0 Å². The van der Waals surface area contributed by atoms with Crippen LogP contribution in [0.4, 0.5) is 5.69 Å². The van der Waals surface area contributed by atoms with Gasteiger partial charge in [-0.05, 0) is 48.7 Å². The first kappa shape index (κ1) is 16.4. The maximum Gasteiger partial charge on any atom is 0.251 e. The van der Waals surface area contributed by atoms with E-state index in [0.717, 1.165) is 12.0 Å². The van der Waals surface area contributed by atoms with Crippen LogP contribution in [0.25, 0.3) is 0 Å². The van der Waals surface area contributed by atoms with Crippen LogP contribution in [-0.2, 0) is 16.6 Å². The van der Waals surface area contributed by atoms with E-state index in [0.29, 0.717) is 30.8 Å². The first-order valence-corrected chi connectivity index (χ1v) is 9.45. The number of carbonyl (C=O) groups is 1. The lowest BCUT2D eigenvalue weighted by Crippen LogP contribution is -2.38. The van der Waals surface area contributed by atoms with Crippen molar-refractivity contribution in [2.75, 3.05) is 16.6 Å². The van der Waals surface area contributed by atoms with Crippen LogP contribution in [0.5, 0.6) is 0 Å². The number of rotatable bonds is 4. The molecule has 0 unspecified atom stereocenters. The molecule has 0 radical (unpaired) electrons. The molecule has 3 rings (SSSR count). The number of sulfonamides is 1. The van der Waals surface area contributed by atoms with Crippen molar-refractivity contribution < 1.29 is 13.2 Å². The number of amides is 1. The van der Waals surface area contributed by atoms with Gasteiger partial charge in [-0.15, -0.1) is 0 Å². The third-order valence-corrected chi connectivity index (χ3v) is 5.82. The lowest BCUT2D eigenvalue weighted by atomic mass is 10.1. The highest BCUT2D eigenvalue weighted by molar-refractivity contribution is 7.92. The van der Waals surface area contributed by atoms with Crippen LogP contribution in [0.15, 0.2) is 48.8 Å². The van der Waals surface area contributed by atoms with Crippen LogP contribution < -0.4 is 9.62 Å². The van der Waals surface area contributed by atoms with Gasteiger partial charge >= 0.3 is 0 Å². The van der Waals surface area contributed by atoms with Crippen LogP contribution in [0.1, 0.15) is 28.8 Å². The lowest BCUT2D eigenvalue weighted by Gasteiger charge is -2.28. The summed E-state index contributed by atoms with van der Waals surface area (Å²) in [6.07, 6.45) is 4.86. The molecule has 0 saturated carbocycles. The average molecular weight is 345 g/mol. The van der Waals surface area contributed by atoms with Crippen molar-refractivity contribution in [1.29, 1.82) is 0 Å². The molecule has 1 aromatic carbocycles. The monoisotopic (exact) mass is 345 g/mol. The number of benzene rings is 1. The molecule has 0 atom stereocenters. The molecular weight excluding hydrogens is 326 g/mol. The Morgan fingerprint density at radius 1 is 1.17 bits per heavy atom. The van der Waals surface area contributed by atoms with Gasteiger partial charge in [-0.1, -0.05) is 6.07 Å². The Hall–Kier alpha value is -2.41. The quantitative estimate of drug-likeness (QED) is 0.918. The van der Waals surface area contributed by atoms with E-state index < -0.39 is 10.0 Å². The Balaban J connectivity index is 1.74. The summed E-state index contributed by atoms with van der Waals surface area (Å²) in [6, 6.07) is 10.4. The fourth-order valence-electron chi connectivity index (χ4n) is 2.67. The van der Waals surface area contributed by atoms with Crippen molar-refractivity contribution >= 4 is 21.6 Å². The Morgan fingerprint density at radius 2 is 1.96 bits per heavy atom. The van der Waals surface area contributed by atoms with E-state index in [9.17, 15) is 13.2 Å². The summed E-state index contributed by atoms with van der Waals surface area (Å²) in [5, 5.41) is 2.83. The highest BCUT2D eigenvalue weighted by Gasteiger charge is 2.26. The van der Waals surface area contributed by atoms with Crippen molar-refractivity contribution in [3.63, 3.8) is 0 Å². The highest BCUT2D eigenvalue weighted by atomic mass is 32.2. The number of aromatic nitrogens is 1. The molecule has 1 aliphatic heterocycles. The van der Waals surface area contributed by atoms with E-state index in [2.05, 4.69) is 10.3 Å². The van der Waals surface area contributed by atoms with Gasteiger partial charge in [0.2, 0.25) is 10.0 Å². The van der Waals surface area contributed by atoms with Crippen LogP contribution in [0, 0.1) is 0 Å². The van der Waals surface area contributed by atoms with Gasteiger partial charge in [0.25, 0.3) is 5.91 Å². The van der Waals surface area contributed by atoms with Gasteiger partial charge in [0, 0.05) is 31.0 Å². The number of anilines is 1. The standard InChI is InChI=1S/C17H19N3O3S/c21-17(19-13-14-6-8-18-9-7-14)15-4-3-5-16(12-15)20-10-1-2-11-24(20,22)23/h3-9,12H,1-2,10-11,13H2,(H,19,21). The largest absolute Gasteiger partial charge is 0.348 e. The number of hydrogen-bond acceptors (Lipinski definition) is 4. The zero-order valence-corrected chi connectivity index (χ0v) is 14.0. The number of nitrogens with zero attached hydrogens (tertiary/aromatic N) is 2. The zero-order valence-electron chi connectivity index (χ0n) is 13.2. The summed E-state index contributed by atoms with van der Waals surface area (Å²) in [5.74, 6) is -0.0751. The van der Waals surface area contributed by atoms with Crippen molar-refractivity contribution in [1.82, 2.24) is 10.3 Å². The predicted molar refractivity (Wildman–Crippen MR) is 92.2 cm³/mol. The van der Waals surface area contributed by atoms with Gasteiger partial charge in [-0.2, -0.15) is 0 Å². The van der Waals surface area contributed by atoms with Crippen LogP contribution in [0.2, 0.25) is 0 Å². The van der Waals surface area contributed by atoms with E-state index in [1.54, 1.807) is 36.7 Å². The number of pyridine rings is 1. The first-order chi connectivity index (χ1) is 11.6. The molecule has 2 aromatic rings. The second-order valence-electron chi connectivity index (χ2n) is 5.68. The molecule has 1 fully saturated rings. The minimum atomic E-state index is -3.28.